The molecule has 2 unspecified atom stereocenters. The summed E-state index contributed by atoms with van der Waals surface area (Å²) in [5.41, 5.74) is 1.28. The van der Waals surface area contributed by atoms with E-state index in [1.54, 1.807) is 6.92 Å². The van der Waals surface area contributed by atoms with Gasteiger partial charge in [0.25, 0.3) is 11.8 Å². The van der Waals surface area contributed by atoms with E-state index in [1.165, 1.54) is 0 Å². The molecule has 2 aromatic rings. The fourth-order valence-electron chi connectivity index (χ4n) is 3.70. The van der Waals surface area contributed by atoms with Crippen LogP contribution in [-0.2, 0) is 4.74 Å². The van der Waals surface area contributed by atoms with Crippen LogP contribution in [-0.4, -0.2) is 71.3 Å². The Morgan fingerprint density at radius 2 is 2.12 bits per heavy atom. The average molecular weight is 342 g/mol. The van der Waals surface area contributed by atoms with Crippen LogP contribution in [0.3, 0.4) is 0 Å². The maximum Gasteiger partial charge on any atom is 0.258 e. The van der Waals surface area contributed by atoms with Crippen molar-refractivity contribution in [2.45, 2.75) is 25.5 Å². The topological polar surface area (TPSA) is 71.7 Å². The maximum absolute atomic E-state index is 13.3. The van der Waals surface area contributed by atoms with Gasteiger partial charge in [0.15, 0.2) is 5.82 Å². The van der Waals surface area contributed by atoms with Gasteiger partial charge in [-0.3, -0.25) is 4.79 Å². The lowest BCUT2D eigenvalue weighted by Gasteiger charge is -2.46. The minimum atomic E-state index is 0.0000491. The maximum atomic E-state index is 13.3. The molecule has 2 atom stereocenters. The molecule has 0 N–H and O–H groups in total. The molecule has 7 nitrogen and oxygen atoms in total. The third-order valence-corrected chi connectivity index (χ3v) is 4.96. The van der Waals surface area contributed by atoms with E-state index in [2.05, 4.69) is 22.1 Å². The molecule has 2 aliphatic heterocycles. The van der Waals surface area contributed by atoms with Crippen molar-refractivity contribution in [3.8, 4) is 11.5 Å². The number of hydrogen-bond acceptors (Lipinski definition) is 6. The Labute approximate surface area is 146 Å². The van der Waals surface area contributed by atoms with E-state index in [-0.39, 0.29) is 18.1 Å². The Morgan fingerprint density at radius 3 is 2.92 bits per heavy atom. The minimum Gasteiger partial charge on any atom is -0.374 e. The number of hydrogen-bond donors (Lipinski definition) is 0. The predicted octanol–water partition coefficient (Wildman–Crippen LogP) is 1.59. The van der Waals surface area contributed by atoms with Crippen molar-refractivity contribution in [2.24, 2.45) is 0 Å². The molecular formula is C18H22N4O3. The van der Waals surface area contributed by atoms with E-state index in [1.807, 2.05) is 29.2 Å². The fraction of sp³-hybridized carbons (Fsp3) is 0.500. The summed E-state index contributed by atoms with van der Waals surface area (Å²) in [5, 5.41) is 3.84. The number of likely N-dealkylation sites (tertiary alicyclic amines) is 1. The first-order valence-electron chi connectivity index (χ1n) is 8.64. The van der Waals surface area contributed by atoms with Crippen LogP contribution in [0.1, 0.15) is 22.6 Å². The van der Waals surface area contributed by atoms with Gasteiger partial charge in [0, 0.05) is 19.6 Å². The quantitative estimate of drug-likeness (QED) is 0.825. The fourth-order valence-corrected chi connectivity index (χ4v) is 3.70. The molecular weight excluding hydrogens is 320 g/mol. The zero-order chi connectivity index (χ0) is 17.4. The molecule has 132 valence electrons. The normalized spacial score (nSPS) is 24.2. The van der Waals surface area contributed by atoms with E-state index in [4.69, 9.17) is 9.26 Å². The summed E-state index contributed by atoms with van der Waals surface area (Å²) in [7, 11) is 2.09. The van der Waals surface area contributed by atoms with Crippen molar-refractivity contribution in [3.63, 3.8) is 0 Å². The molecule has 4 rings (SSSR count). The van der Waals surface area contributed by atoms with Crippen LogP contribution < -0.4 is 0 Å². The number of nitrogens with zero attached hydrogens (tertiary/aromatic N) is 4. The summed E-state index contributed by atoms with van der Waals surface area (Å²) in [6.07, 6.45) is 1.07. The van der Waals surface area contributed by atoms with Crippen LogP contribution in [0.15, 0.2) is 28.8 Å². The summed E-state index contributed by atoms with van der Waals surface area (Å²) < 4.78 is 11.2. The lowest BCUT2D eigenvalue weighted by atomic mass is 9.97. The Kier molecular flexibility index (Phi) is 4.27. The molecule has 3 heterocycles. The van der Waals surface area contributed by atoms with E-state index in [0.29, 0.717) is 36.0 Å². The second-order valence-electron chi connectivity index (χ2n) is 6.72. The van der Waals surface area contributed by atoms with Gasteiger partial charge in [-0.25, -0.2) is 0 Å². The number of amides is 1. The smallest absolute Gasteiger partial charge is 0.258 e. The van der Waals surface area contributed by atoms with Gasteiger partial charge in [-0.15, -0.1) is 0 Å². The van der Waals surface area contributed by atoms with Crippen molar-refractivity contribution >= 4 is 5.91 Å². The predicted molar refractivity (Wildman–Crippen MR) is 91.1 cm³/mol. The van der Waals surface area contributed by atoms with Gasteiger partial charge in [0.05, 0.1) is 29.9 Å². The molecule has 2 aliphatic rings. The summed E-state index contributed by atoms with van der Waals surface area (Å²) in [6.45, 7) is 4.78. The second kappa shape index (κ2) is 6.57. The van der Waals surface area contributed by atoms with Crippen molar-refractivity contribution in [2.75, 3.05) is 33.3 Å². The molecule has 2 fully saturated rings. The van der Waals surface area contributed by atoms with Gasteiger partial charge in [0.2, 0.25) is 0 Å². The van der Waals surface area contributed by atoms with Gasteiger partial charge in [-0.2, -0.15) is 4.98 Å². The van der Waals surface area contributed by atoms with Crippen molar-refractivity contribution in [3.05, 3.63) is 35.7 Å². The molecule has 0 aliphatic carbocycles. The van der Waals surface area contributed by atoms with Crippen LogP contribution in [0, 0.1) is 6.92 Å². The van der Waals surface area contributed by atoms with Crippen LogP contribution in [0.5, 0.6) is 0 Å². The van der Waals surface area contributed by atoms with E-state index in [0.717, 1.165) is 19.5 Å². The van der Waals surface area contributed by atoms with E-state index >= 15 is 0 Å². The molecule has 0 bridgehead atoms. The Bertz CT molecular complexity index is 775. The van der Waals surface area contributed by atoms with Crippen molar-refractivity contribution < 1.29 is 14.1 Å². The van der Waals surface area contributed by atoms with Crippen LogP contribution in [0.2, 0.25) is 0 Å². The summed E-state index contributed by atoms with van der Waals surface area (Å²) >= 11 is 0. The third-order valence-electron chi connectivity index (χ3n) is 4.96. The van der Waals surface area contributed by atoms with Gasteiger partial charge in [-0.1, -0.05) is 17.3 Å². The van der Waals surface area contributed by atoms with Gasteiger partial charge < -0.3 is 19.1 Å². The average Bonchev–Trinajstić information content (AvgIpc) is 3.07. The standard InChI is InChI=1S/C18H22N4O3/c1-12-19-17(25-20-12)13-5-3-4-6-14(13)18(23)22-9-10-24-16-7-8-21(2)11-15(16)22/h3-6,15-16H,7-11H2,1-2H3. The molecule has 1 aromatic heterocycles. The summed E-state index contributed by atoms with van der Waals surface area (Å²) in [6, 6.07) is 7.50. The molecule has 0 radical (unpaired) electrons. The number of fused-ring (bicyclic) bond motifs is 1. The highest BCUT2D eigenvalue weighted by atomic mass is 16.5. The van der Waals surface area contributed by atoms with Crippen LogP contribution >= 0.6 is 0 Å². The number of likely N-dealkylation sites (N-methyl/N-ethyl adjacent to an activating group) is 1. The van der Waals surface area contributed by atoms with Crippen LogP contribution in [0.4, 0.5) is 0 Å². The third kappa shape index (κ3) is 3.05. The zero-order valence-electron chi connectivity index (χ0n) is 14.5. The lowest BCUT2D eigenvalue weighted by Crippen LogP contribution is -2.60. The molecule has 0 spiro atoms. The number of morpholine rings is 1. The monoisotopic (exact) mass is 342 g/mol. The highest BCUT2D eigenvalue weighted by Crippen LogP contribution is 2.28. The lowest BCUT2D eigenvalue weighted by molar-refractivity contribution is -0.0869. The minimum absolute atomic E-state index is 0.0000491. The molecule has 2 saturated heterocycles. The van der Waals surface area contributed by atoms with Crippen LogP contribution in [0.25, 0.3) is 11.5 Å². The Hall–Kier alpha value is -2.25. The van der Waals surface area contributed by atoms with E-state index < -0.39 is 0 Å². The number of aryl methyl sites for hydroxylation is 1. The largest absolute Gasteiger partial charge is 0.374 e. The number of carbonyl (C=O) groups excluding carboxylic acids is 1. The Morgan fingerprint density at radius 1 is 1.28 bits per heavy atom. The molecule has 1 amide bonds. The number of ether oxygens (including phenoxy) is 1. The molecule has 1 aromatic carbocycles. The zero-order valence-corrected chi connectivity index (χ0v) is 14.5. The van der Waals surface area contributed by atoms with E-state index in [9.17, 15) is 4.79 Å². The SMILES string of the molecule is Cc1noc(-c2ccccc2C(=O)N2CCOC3CCN(C)CC32)n1. The first kappa shape index (κ1) is 16.2. The highest BCUT2D eigenvalue weighted by molar-refractivity contribution is 6.00. The van der Waals surface area contributed by atoms with Gasteiger partial charge >= 0.3 is 0 Å². The van der Waals surface area contributed by atoms with Gasteiger partial charge in [0.1, 0.15) is 0 Å². The van der Waals surface area contributed by atoms with Crippen molar-refractivity contribution in [1.82, 2.24) is 19.9 Å². The second-order valence-corrected chi connectivity index (χ2v) is 6.72. The van der Waals surface area contributed by atoms with Crippen molar-refractivity contribution in [1.29, 1.82) is 0 Å². The summed E-state index contributed by atoms with van der Waals surface area (Å²) in [4.78, 5) is 21.8. The highest BCUT2D eigenvalue weighted by Gasteiger charge is 2.39. The molecule has 7 heteroatoms. The number of piperidine rings is 1. The molecule has 25 heavy (non-hydrogen) atoms. The molecule has 0 saturated carbocycles. The first-order chi connectivity index (χ1) is 12.1. The van der Waals surface area contributed by atoms with Gasteiger partial charge in [-0.05, 0) is 32.5 Å². The first-order valence-corrected chi connectivity index (χ1v) is 8.64. The number of aromatic nitrogens is 2. The summed E-state index contributed by atoms with van der Waals surface area (Å²) in [5.74, 6) is 0.935. The number of benzene rings is 1. The number of rotatable bonds is 2. The number of carbonyl (C=O) groups is 1. The Balaban J connectivity index is 1.66.